The van der Waals surface area contributed by atoms with Crippen LogP contribution < -0.4 is 5.32 Å². The largest absolute Gasteiger partial charge is 0.480 e. The summed E-state index contributed by atoms with van der Waals surface area (Å²) < 4.78 is 1.65. The fourth-order valence-electron chi connectivity index (χ4n) is 2.58. The van der Waals surface area contributed by atoms with Crippen LogP contribution in [0.3, 0.4) is 0 Å². The third-order valence-electron chi connectivity index (χ3n) is 4.16. The number of nitrogens with zero attached hydrogens (tertiary/aromatic N) is 3. The molecule has 0 aliphatic rings. The number of carboxylic acid groups (broad SMARTS) is 1. The van der Waals surface area contributed by atoms with E-state index < -0.39 is 17.9 Å². The fourth-order valence-corrected chi connectivity index (χ4v) is 2.58. The maximum absolute atomic E-state index is 12.4. The van der Waals surface area contributed by atoms with Crippen LogP contribution in [0.1, 0.15) is 62.8 Å². The smallest absolute Gasteiger partial charge is 0.325 e. The van der Waals surface area contributed by atoms with Crippen LogP contribution in [0.15, 0.2) is 24.3 Å². The summed E-state index contributed by atoms with van der Waals surface area (Å²) in [6.45, 7) is 9.85. The Morgan fingerprint density at radius 3 is 2.35 bits per heavy atom. The van der Waals surface area contributed by atoms with Gasteiger partial charge in [-0.3, -0.25) is 9.59 Å². The van der Waals surface area contributed by atoms with E-state index in [2.05, 4.69) is 36.4 Å². The summed E-state index contributed by atoms with van der Waals surface area (Å²) in [5.74, 6) is -1.62. The third-order valence-corrected chi connectivity index (χ3v) is 4.16. The Kier molecular flexibility index (Phi) is 5.79. The van der Waals surface area contributed by atoms with Crippen molar-refractivity contribution in [2.24, 2.45) is 0 Å². The molecule has 1 aromatic heterocycles. The number of aliphatic carboxylic acids is 1. The molecular weight excluding hydrogens is 332 g/mol. The molecule has 1 heterocycles. The van der Waals surface area contributed by atoms with Gasteiger partial charge in [0, 0.05) is 0 Å². The lowest BCUT2D eigenvalue weighted by atomic mass is 9.87. The van der Waals surface area contributed by atoms with Crippen LogP contribution in [0.5, 0.6) is 0 Å². The Labute approximate surface area is 153 Å². The van der Waals surface area contributed by atoms with Crippen LogP contribution in [0.25, 0.3) is 5.69 Å². The first-order valence-electron chi connectivity index (χ1n) is 8.74. The topological polar surface area (TPSA) is 97.1 Å². The number of hydrogen-bond acceptors (Lipinski definition) is 4. The summed E-state index contributed by atoms with van der Waals surface area (Å²) in [6.07, 6.45) is 1.42. The van der Waals surface area contributed by atoms with E-state index in [0.717, 1.165) is 12.1 Å². The summed E-state index contributed by atoms with van der Waals surface area (Å²) in [4.78, 5) is 23.4. The van der Waals surface area contributed by atoms with Crippen LogP contribution in [-0.4, -0.2) is 38.0 Å². The maximum atomic E-state index is 12.4. The normalized spacial score (nSPS) is 12.7. The summed E-state index contributed by atoms with van der Waals surface area (Å²) in [6, 6.07) is 7.00. The predicted octanol–water partition coefficient (Wildman–Crippen LogP) is 2.72. The summed E-state index contributed by atoms with van der Waals surface area (Å²) in [5.41, 5.74) is 2.91. The van der Waals surface area contributed by atoms with Gasteiger partial charge in [-0.1, -0.05) is 51.5 Å². The van der Waals surface area contributed by atoms with Gasteiger partial charge in [0.25, 0.3) is 5.91 Å². The Balaban J connectivity index is 2.37. The second-order valence-corrected chi connectivity index (χ2v) is 7.38. The van der Waals surface area contributed by atoms with E-state index in [1.807, 2.05) is 31.2 Å². The first-order valence-corrected chi connectivity index (χ1v) is 8.74. The van der Waals surface area contributed by atoms with Gasteiger partial charge in [-0.25, -0.2) is 4.68 Å². The van der Waals surface area contributed by atoms with Gasteiger partial charge in [0.05, 0.1) is 11.4 Å². The highest BCUT2D eigenvalue weighted by molar-refractivity contribution is 5.95. The van der Waals surface area contributed by atoms with Crippen LogP contribution in [0.2, 0.25) is 0 Å². The number of carboxylic acids is 1. The molecule has 7 nitrogen and oxygen atoms in total. The minimum Gasteiger partial charge on any atom is -0.480 e. The van der Waals surface area contributed by atoms with Crippen molar-refractivity contribution in [1.29, 1.82) is 0 Å². The summed E-state index contributed by atoms with van der Waals surface area (Å²) >= 11 is 0. The number of carbonyl (C=O) groups is 2. The number of rotatable bonds is 6. The molecule has 1 amide bonds. The minimum absolute atomic E-state index is 0.0468. The molecule has 0 saturated carbocycles. The zero-order valence-electron chi connectivity index (χ0n) is 15.9. The van der Waals surface area contributed by atoms with E-state index in [0.29, 0.717) is 12.1 Å². The molecule has 0 aliphatic heterocycles. The van der Waals surface area contributed by atoms with E-state index >= 15 is 0 Å². The van der Waals surface area contributed by atoms with Crippen molar-refractivity contribution in [3.63, 3.8) is 0 Å². The Morgan fingerprint density at radius 2 is 1.85 bits per heavy atom. The molecule has 0 aliphatic carbocycles. The quantitative estimate of drug-likeness (QED) is 0.827. The van der Waals surface area contributed by atoms with E-state index in [1.165, 1.54) is 12.5 Å². The van der Waals surface area contributed by atoms with Crippen molar-refractivity contribution in [3.05, 3.63) is 41.2 Å². The molecule has 2 aromatic rings. The molecule has 0 unspecified atom stereocenters. The van der Waals surface area contributed by atoms with Crippen molar-refractivity contribution >= 4 is 11.9 Å². The van der Waals surface area contributed by atoms with Crippen molar-refractivity contribution in [1.82, 2.24) is 20.3 Å². The number of benzene rings is 1. The first kappa shape index (κ1) is 19.6. The summed E-state index contributed by atoms with van der Waals surface area (Å²) in [7, 11) is 0. The first-order chi connectivity index (χ1) is 12.1. The van der Waals surface area contributed by atoms with Gasteiger partial charge in [-0.05, 0) is 36.5 Å². The van der Waals surface area contributed by atoms with Gasteiger partial charge in [0.2, 0.25) is 0 Å². The molecule has 1 atom stereocenters. The second kappa shape index (κ2) is 7.68. The molecule has 0 bridgehead atoms. The minimum atomic E-state index is -1.10. The zero-order chi connectivity index (χ0) is 19.5. The van der Waals surface area contributed by atoms with Gasteiger partial charge in [-0.15, -0.1) is 5.10 Å². The van der Waals surface area contributed by atoms with Gasteiger partial charge in [0.1, 0.15) is 6.04 Å². The highest BCUT2D eigenvalue weighted by Gasteiger charge is 2.23. The number of amides is 1. The van der Waals surface area contributed by atoms with E-state index in [1.54, 1.807) is 4.68 Å². The molecule has 26 heavy (non-hydrogen) atoms. The SMILES string of the molecule is CCCc1c(C(=O)N[C@@H](C)C(=O)O)nnn1-c1ccc(C(C)(C)C)cc1. The third kappa shape index (κ3) is 4.28. The second-order valence-electron chi connectivity index (χ2n) is 7.38. The molecule has 7 heteroatoms. The molecule has 0 radical (unpaired) electrons. The van der Waals surface area contributed by atoms with Gasteiger partial charge < -0.3 is 10.4 Å². The van der Waals surface area contributed by atoms with E-state index in [4.69, 9.17) is 5.11 Å². The predicted molar refractivity (Wildman–Crippen MR) is 98.6 cm³/mol. The van der Waals surface area contributed by atoms with Crippen molar-refractivity contribution in [2.45, 2.75) is 58.9 Å². The molecule has 2 rings (SSSR count). The molecule has 0 fully saturated rings. The molecule has 2 N–H and O–H groups in total. The number of aromatic nitrogens is 3. The zero-order valence-corrected chi connectivity index (χ0v) is 15.9. The molecular formula is C19H26N4O3. The highest BCUT2D eigenvalue weighted by atomic mass is 16.4. The van der Waals surface area contributed by atoms with Crippen LogP contribution in [0, 0.1) is 0 Å². The lowest BCUT2D eigenvalue weighted by Crippen LogP contribution is -2.38. The van der Waals surface area contributed by atoms with Crippen LogP contribution in [0.4, 0.5) is 0 Å². The maximum Gasteiger partial charge on any atom is 0.325 e. The van der Waals surface area contributed by atoms with Crippen LogP contribution >= 0.6 is 0 Å². The van der Waals surface area contributed by atoms with E-state index in [-0.39, 0.29) is 11.1 Å². The summed E-state index contributed by atoms with van der Waals surface area (Å²) in [5, 5.41) is 19.5. The van der Waals surface area contributed by atoms with Crippen LogP contribution in [-0.2, 0) is 16.6 Å². The van der Waals surface area contributed by atoms with Crippen molar-refractivity contribution < 1.29 is 14.7 Å². The average molecular weight is 358 g/mol. The Morgan fingerprint density at radius 1 is 1.23 bits per heavy atom. The van der Waals surface area contributed by atoms with Gasteiger partial charge in [0.15, 0.2) is 5.69 Å². The molecule has 140 valence electrons. The Bertz CT molecular complexity index is 788. The van der Waals surface area contributed by atoms with Gasteiger partial charge in [-0.2, -0.15) is 0 Å². The monoisotopic (exact) mass is 358 g/mol. The fraction of sp³-hybridized carbons (Fsp3) is 0.474. The van der Waals surface area contributed by atoms with Crippen molar-refractivity contribution in [3.8, 4) is 5.69 Å². The van der Waals surface area contributed by atoms with E-state index in [9.17, 15) is 9.59 Å². The highest BCUT2D eigenvalue weighted by Crippen LogP contribution is 2.24. The molecule has 1 aromatic carbocycles. The number of nitrogens with one attached hydrogen (secondary N) is 1. The lowest BCUT2D eigenvalue weighted by Gasteiger charge is -2.19. The lowest BCUT2D eigenvalue weighted by molar-refractivity contribution is -0.138. The standard InChI is InChI=1S/C19H26N4O3/c1-6-7-15-16(17(24)20-12(2)18(25)26)21-22-23(15)14-10-8-13(9-11-14)19(3,4)5/h8-12H,6-7H2,1-5H3,(H,20,24)(H,25,26)/t12-/m0/s1. The Hall–Kier alpha value is -2.70. The average Bonchev–Trinajstić information content (AvgIpc) is 2.98. The molecule has 0 spiro atoms. The van der Waals surface area contributed by atoms with Gasteiger partial charge >= 0.3 is 5.97 Å². The number of hydrogen-bond donors (Lipinski definition) is 2. The molecule has 0 saturated heterocycles. The van der Waals surface area contributed by atoms with Crippen molar-refractivity contribution in [2.75, 3.05) is 0 Å². The number of carbonyl (C=O) groups excluding carboxylic acids is 1.